The van der Waals surface area contributed by atoms with Crippen molar-refractivity contribution in [3.63, 3.8) is 0 Å². The first kappa shape index (κ1) is 14.6. The van der Waals surface area contributed by atoms with E-state index in [1.807, 2.05) is 0 Å². The molecule has 1 aromatic rings. The predicted molar refractivity (Wildman–Crippen MR) is 71.9 cm³/mol. The van der Waals surface area contributed by atoms with Gasteiger partial charge < -0.3 is 9.84 Å². The van der Waals surface area contributed by atoms with Crippen LogP contribution in [0.5, 0.6) is 0 Å². The summed E-state index contributed by atoms with van der Waals surface area (Å²) in [6.45, 7) is 1.88. The topological polar surface area (TPSA) is 81.4 Å². The highest BCUT2D eigenvalue weighted by atomic mass is 16.5. The van der Waals surface area contributed by atoms with E-state index in [9.17, 15) is 14.7 Å². The maximum Gasteiger partial charge on any atom is 0.359 e. The lowest BCUT2D eigenvalue weighted by atomic mass is 10.1. The van der Waals surface area contributed by atoms with Gasteiger partial charge in [0, 0.05) is 6.20 Å². The van der Waals surface area contributed by atoms with Crippen molar-refractivity contribution in [2.45, 2.75) is 51.5 Å². The van der Waals surface area contributed by atoms with Crippen molar-refractivity contribution in [2.75, 3.05) is 6.61 Å². The monoisotopic (exact) mass is 280 g/mol. The maximum atomic E-state index is 11.8. The minimum absolute atomic E-state index is 0.0762. The molecule has 20 heavy (non-hydrogen) atoms. The van der Waals surface area contributed by atoms with Gasteiger partial charge in [0.25, 0.3) is 0 Å². The Morgan fingerprint density at radius 2 is 2.00 bits per heavy atom. The van der Waals surface area contributed by atoms with Crippen LogP contribution < -0.4 is 0 Å². The lowest BCUT2D eigenvalue weighted by Gasteiger charge is -2.14. The second-order valence-corrected chi connectivity index (χ2v) is 5.04. The summed E-state index contributed by atoms with van der Waals surface area (Å²) in [4.78, 5) is 23.0. The predicted octanol–water partition coefficient (Wildman–Crippen LogP) is 2.65. The Labute approximate surface area is 117 Å². The Morgan fingerprint density at radius 3 is 2.55 bits per heavy atom. The molecule has 1 heterocycles. The van der Waals surface area contributed by atoms with E-state index in [4.69, 9.17) is 4.74 Å². The number of aromatic nitrogens is 2. The van der Waals surface area contributed by atoms with E-state index < -0.39 is 11.9 Å². The molecule has 0 radical (unpaired) electrons. The average molecular weight is 280 g/mol. The number of rotatable bonds is 4. The maximum absolute atomic E-state index is 11.8. The summed E-state index contributed by atoms with van der Waals surface area (Å²) < 4.78 is 6.51. The van der Waals surface area contributed by atoms with Crippen molar-refractivity contribution in [2.24, 2.45) is 0 Å². The number of hydrogen-bond acceptors (Lipinski definition) is 4. The first-order valence-corrected chi connectivity index (χ1v) is 7.13. The van der Waals surface area contributed by atoms with Crippen LogP contribution in [0.4, 0.5) is 0 Å². The van der Waals surface area contributed by atoms with E-state index in [1.165, 1.54) is 19.0 Å². The number of carbonyl (C=O) groups is 2. The van der Waals surface area contributed by atoms with Crippen LogP contribution in [0.2, 0.25) is 0 Å². The number of esters is 1. The molecular weight excluding hydrogens is 260 g/mol. The third kappa shape index (κ3) is 3.18. The Balaban J connectivity index is 2.28. The van der Waals surface area contributed by atoms with E-state index in [-0.39, 0.29) is 23.9 Å². The minimum Gasteiger partial charge on any atom is -0.478 e. The van der Waals surface area contributed by atoms with E-state index in [1.54, 1.807) is 11.6 Å². The molecular formula is C14H20N2O4. The molecule has 0 unspecified atom stereocenters. The normalized spacial score (nSPS) is 16.6. The molecule has 1 aromatic heterocycles. The third-order valence-corrected chi connectivity index (χ3v) is 3.63. The summed E-state index contributed by atoms with van der Waals surface area (Å²) in [5.41, 5.74) is -0.170. The van der Waals surface area contributed by atoms with E-state index >= 15 is 0 Å². The summed E-state index contributed by atoms with van der Waals surface area (Å²) in [5, 5.41) is 13.4. The van der Waals surface area contributed by atoms with Gasteiger partial charge in [-0.15, -0.1) is 0 Å². The lowest BCUT2D eigenvalue weighted by molar-refractivity contribution is 0.0507. The molecule has 110 valence electrons. The molecule has 0 saturated heterocycles. The number of carbonyl (C=O) groups excluding carboxylic acids is 1. The first-order valence-electron chi connectivity index (χ1n) is 7.13. The molecule has 0 aliphatic heterocycles. The van der Waals surface area contributed by atoms with Gasteiger partial charge >= 0.3 is 11.9 Å². The zero-order chi connectivity index (χ0) is 14.5. The molecule has 0 atom stereocenters. The SMILES string of the molecule is CCOC(=O)c1nn(C2CCCCCC2)cc1C(=O)O. The number of carboxylic acids is 1. The molecule has 0 aromatic carbocycles. The van der Waals surface area contributed by atoms with Gasteiger partial charge in [0.15, 0.2) is 5.69 Å². The lowest BCUT2D eigenvalue weighted by Crippen LogP contribution is -2.12. The molecule has 1 aliphatic rings. The quantitative estimate of drug-likeness (QED) is 0.677. The molecule has 1 aliphatic carbocycles. The number of carboxylic acid groups (broad SMARTS) is 1. The van der Waals surface area contributed by atoms with Gasteiger partial charge in [-0.05, 0) is 19.8 Å². The fourth-order valence-electron chi connectivity index (χ4n) is 2.61. The molecule has 1 saturated carbocycles. The highest BCUT2D eigenvalue weighted by Crippen LogP contribution is 2.27. The Hall–Kier alpha value is -1.85. The zero-order valence-corrected chi connectivity index (χ0v) is 11.7. The van der Waals surface area contributed by atoms with Gasteiger partial charge in [-0.1, -0.05) is 25.7 Å². The van der Waals surface area contributed by atoms with E-state index in [2.05, 4.69) is 5.10 Å². The molecule has 6 nitrogen and oxygen atoms in total. The Bertz CT molecular complexity index is 487. The molecule has 1 N–H and O–H groups in total. The van der Waals surface area contributed by atoms with Gasteiger partial charge in [-0.25, -0.2) is 9.59 Å². The van der Waals surface area contributed by atoms with Crippen LogP contribution in [0.25, 0.3) is 0 Å². The fourth-order valence-corrected chi connectivity index (χ4v) is 2.61. The highest BCUT2D eigenvalue weighted by molar-refractivity contribution is 6.00. The van der Waals surface area contributed by atoms with Crippen LogP contribution in [0, 0.1) is 0 Å². The summed E-state index contributed by atoms with van der Waals surface area (Å²) in [5.74, 6) is -1.81. The third-order valence-electron chi connectivity index (χ3n) is 3.63. The van der Waals surface area contributed by atoms with Crippen LogP contribution >= 0.6 is 0 Å². The summed E-state index contributed by atoms with van der Waals surface area (Å²) in [6, 6.07) is 0.179. The van der Waals surface area contributed by atoms with E-state index in [0.717, 1.165) is 25.7 Å². The van der Waals surface area contributed by atoms with Crippen molar-refractivity contribution in [1.29, 1.82) is 0 Å². The van der Waals surface area contributed by atoms with Gasteiger partial charge in [0.1, 0.15) is 5.56 Å². The first-order chi connectivity index (χ1) is 9.63. The van der Waals surface area contributed by atoms with Crippen molar-refractivity contribution < 1.29 is 19.4 Å². The molecule has 0 amide bonds. The highest BCUT2D eigenvalue weighted by Gasteiger charge is 2.25. The van der Waals surface area contributed by atoms with Crippen LogP contribution in [0.3, 0.4) is 0 Å². The molecule has 6 heteroatoms. The fraction of sp³-hybridized carbons (Fsp3) is 0.643. The Kier molecular flexibility index (Phi) is 4.76. The minimum atomic E-state index is -1.15. The van der Waals surface area contributed by atoms with E-state index in [0.29, 0.717) is 0 Å². The van der Waals surface area contributed by atoms with Crippen LogP contribution in [-0.2, 0) is 4.74 Å². The zero-order valence-electron chi connectivity index (χ0n) is 11.7. The van der Waals surface area contributed by atoms with Gasteiger partial charge in [0.2, 0.25) is 0 Å². The van der Waals surface area contributed by atoms with Crippen LogP contribution in [0.1, 0.15) is 72.3 Å². The summed E-state index contributed by atoms with van der Waals surface area (Å²) in [6.07, 6.45) is 8.04. The second-order valence-electron chi connectivity index (χ2n) is 5.04. The Morgan fingerprint density at radius 1 is 1.35 bits per heavy atom. The largest absolute Gasteiger partial charge is 0.478 e. The number of nitrogens with zero attached hydrogens (tertiary/aromatic N) is 2. The molecule has 1 fully saturated rings. The number of hydrogen-bond donors (Lipinski definition) is 1. The van der Waals surface area contributed by atoms with Crippen molar-refractivity contribution in [3.05, 3.63) is 17.5 Å². The van der Waals surface area contributed by atoms with Crippen molar-refractivity contribution >= 4 is 11.9 Å². The van der Waals surface area contributed by atoms with Crippen molar-refractivity contribution in [3.8, 4) is 0 Å². The number of ether oxygens (including phenoxy) is 1. The van der Waals surface area contributed by atoms with Gasteiger partial charge in [-0.3, -0.25) is 4.68 Å². The van der Waals surface area contributed by atoms with Gasteiger partial charge in [0.05, 0.1) is 12.6 Å². The second kappa shape index (κ2) is 6.54. The molecule has 0 spiro atoms. The smallest absolute Gasteiger partial charge is 0.359 e. The number of aromatic carboxylic acids is 1. The standard InChI is InChI=1S/C14H20N2O4/c1-2-20-14(19)12-11(13(17)18)9-16(15-12)10-7-5-3-4-6-8-10/h9-10H,2-8H2,1H3,(H,17,18). The molecule has 0 bridgehead atoms. The van der Waals surface area contributed by atoms with Crippen LogP contribution in [-0.4, -0.2) is 33.4 Å². The van der Waals surface area contributed by atoms with Crippen molar-refractivity contribution in [1.82, 2.24) is 9.78 Å². The molecule has 2 rings (SSSR count). The average Bonchev–Trinajstić information content (AvgIpc) is 2.69. The van der Waals surface area contributed by atoms with Crippen LogP contribution in [0.15, 0.2) is 6.20 Å². The van der Waals surface area contributed by atoms with Gasteiger partial charge in [-0.2, -0.15) is 5.10 Å². The summed E-state index contributed by atoms with van der Waals surface area (Å²) >= 11 is 0. The summed E-state index contributed by atoms with van der Waals surface area (Å²) in [7, 11) is 0.